The summed E-state index contributed by atoms with van der Waals surface area (Å²) in [6.07, 6.45) is 2.39. The number of carbonyl (C=O) groups excluding carboxylic acids is 2. The fourth-order valence-corrected chi connectivity index (χ4v) is 4.68. The third kappa shape index (κ3) is 7.82. The second-order valence-corrected chi connectivity index (χ2v) is 9.17. The predicted molar refractivity (Wildman–Crippen MR) is 131 cm³/mol. The Balaban J connectivity index is 2.14. The molecule has 0 unspecified atom stereocenters. The summed E-state index contributed by atoms with van der Waals surface area (Å²) in [7, 11) is 0. The highest BCUT2D eigenvalue weighted by Crippen LogP contribution is 2.24. The van der Waals surface area contributed by atoms with Gasteiger partial charge in [0.2, 0.25) is 11.8 Å². The minimum atomic E-state index is -0.558. The number of aryl methyl sites for hydroxylation is 1. The third-order valence-corrected chi connectivity index (χ3v) is 6.48. The molecule has 2 aromatic rings. The van der Waals surface area contributed by atoms with Gasteiger partial charge in [-0.15, -0.1) is 11.8 Å². The zero-order valence-electron chi connectivity index (χ0n) is 19.0. The molecule has 1 N–H and O–H groups in total. The zero-order valence-corrected chi connectivity index (χ0v) is 20.6. The van der Waals surface area contributed by atoms with E-state index < -0.39 is 6.04 Å². The van der Waals surface area contributed by atoms with Gasteiger partial charge in [0.1, 0.15) is 11.9 Å². The first-order valence-corrected chi connectivity index (χ1v) is 12.5. The second-order valence-electron chi connectivity index (χ2n) is 7.77. The van der Waals surface area contributed by atoms with Crippen LogP contribution in [0.25, 0.3) is 0 Å². The first-order chi connectivity index (χ1) is 15.4. The number of nitrogens with zero attached hydrogens (tertiary/aromatic N) is 1. The molecule has 2 rings (SSSR count). The molecule has 0 heterocycles. The first-order valence-electron chi connectivity index (χ1n) is 11.0. The molecule has 0 aliphatic rings. The molecule has 0 bridgehead atoms. The van der Waals surface area contributed by atoms with Gasteiger partial charge in [-0.25, -0.2) is 4.39 Å². The van der Waals surface area contributed by atoms with Crippen LogP contribution in [-0.2, 0) is 21.9 Å². The van der Waals surface area contributed by atoms with E-state index in [1.807, 2.05) is 38.1 Å². The standard InChI is InChI=1S/C25H32ClFN2O2S/c1-4-6-13-28-25(31)23(5-2)29(15-19-10-7-9-18(3)14-19)24(30)17-32-16-20-21(26)11-8-12-22(20)27/h7-12,14,23H,4-6,13,15-17H2,1-3H3,(H,28,31)/t23-/m0/s1. The van der Waals surface area contributed by atoms with E-state index in [0.29, 0.717) is 30.1 Å². The van der Waals surface area contributed by atoms with Crippen molar-refractivity contribution >= 4 is 35.2 Å². The topological polar surface area (TPSA) is 49.4 Å². The van der Waals surface area contributed by atoms with Crippen LogP contribution in [0.3, 0.4) is 0 Å². The molecule has 174 valence electrons. The molecule has 32 heavy (non-hydrogen) atoms. The number of nitrogens with one attached hydrogen (secondary N) is 1. The van der Waals surface area contributed by atoms with Crippen molar-refractivity contribution in [1.29, 1.82) is 0 Å². The number of halogens is 2. The summed E-state index contributed by atoms with van der Waals surface area (Å²) in [6.45, 7) is 6.92. The largest absolute Gasteiger partial charge is 0.354 e. The molecule has 1 atom stereocenters. The van der Waals surface area contributed by atoms with Crippen LogP contribution in [0.2, 0.25) is 5.02 Å². The quantitative estimate of drug-likeness (QED) is 0.395. The Labute approximate surface area is 199 Å². The molecule has 0 aliphatic carbocycles. The molecule has 7 heteroatoms. The van der Waals surface area contributed by atoms with E-state index in [0.717, 1.165) is 24.0 Å². The Morgan fingerprint density at radius 1 is 1.19 bits per heavy atom. The van der Waals surface area contributed by atoms with Crippen LogP contribution in [0.15, 0.2) is 42.5 Å². The van der Waals surface area contributed by atoms with Crippen LogP contribution in [0.4, 0.5) is 4.39 Å². The molecular weight excluding hydrogens is 447 g/mol. The van der Waals surface area contributed by atoms with Crippen molar-refractivity contribution in [2.45, 2.75) is 58.4 Å². The zero-order chi connectivity index (χ0) is 23.5. The number of rotatable bonds is 12. The van der Waals surface area contributed by atoms with Gasteiger partial charge in [0.15, 0.2) is 0 Å². The highest BCUT2D eigenvalue weighted by molar-refractivity contribution is 7.99. The predicted octanol–water partition coefficient (Wildman–Crippen LogP) is 5.74. The van der Waals surface area contributed by atoms with Gasteiger partial charge in [-0.3, -0.25) is 9.59 Å². The van der Waals surface area contributed by atoms with Crippen LogP contribution < -0.4 is 5.32 Å². The lowest BCUT2D eigenvalue weighted by molar-refractivity contribution is -0.139. The van der Waals surface area contributed by atoms with Crippen LogP contribution in [0.5, 0.6) is 0 Å². The molecule has 2 aromatic carbocycles. The minimum absolute atomic E-state index is 0.134. The summed E-state index contributed by atoms with van der Waals surface area (Å²) >= 11 is 7.40. The van der Waals surface area contributed by atoms with E-state index in [1.165, 1.54) is 17.8 Å². The lowest BCUT2D eigenvalue weighted by Crippen LogP contribution is -2.49. The summed E-state index contributed by atoms with van der Waals surface area (Å²) in [5, 5.41) is 3.31. The fourth-order valence-electron chi connectivity index (χ4n) is 3.43. The fraction of sp³-hybridized carbons (Fsp3) is 0.440. The molecular formula is C25H32ClFN2O2S. The van der Waals surface area contributed by atoms with Crippen molar-refractivity contribution in [3.8, 4) is 0 Å². The molecule has 4 nitrogen and oxygen atoms in total. The van der Waals surface area contributed by atoms with Crippen LogP contribution in [0, 0.1) is 12.7 Å². The molecule has 2 amide bonds. The number of benzene rings is 2. The summed E-state index contributed by atoms with van der Waals surface area (Å²) in [6, 6.07) is 11.9. The Bertz CT molecular complexity index is 889. The average molecular weight is 479 g/mol. The van der Waals surface area contributed by atoms with E-state index in [-0.39, 0.29) is 29.1 Å². The Morgan fingerprint density at radius 2 is 1.94 bits per heavy atom. The lowest BCUT2D eigenvalue weighted by Gasteiger charge is -2.30. The van der Waals surface area contributed by atoms with Gasteiger partial charge >= 0.3 is 0 Å². The molecule has 0 radical (unpaired) electrons. The van der Waals surface area contributed by atoms with Crippen molar-refractivity contribution in [2.75, 3.05) is 12.3 Å². The second kappa shape index (κ2) is 13.5. The first kappa shape index (κ1) is 26.2. The molecule has 0 aromatic heterocycles. The maximum Gasteiger partial charge on any atom is 0.242 e. The van der Waals surface area contributed by atoms with E-state index in [9.17, 15) is 14.0 Å². The highest BCUT2D eigenvalue weighted by atomic mass is 35.5. The SMILES string of the molecule is CCCCNC(=O)[C@H](CC)N(Cc1cccc(C)c1)C(=O)CSCc1c(F)cccc1Cl. The van der Waals surface area contributed by atoms with E-state index in [2.05, 4.69) is 12.2 Å². The smallest absolute Gasteiger partial charge is 0.242 e. The van der Waals surface area contributed by atoms with Crippen molar-refractivity contribution < 1.29 is 14.0 Å². The minimum Gasteiger partial charge on any atom is -0.354 e. The molecule has 0 spiro atoms. The van der Waals surface area contributed by atoms with Crippen LogP contribution in [-0.4, -0.2) is 35.1 Å². The van der Waals surface area contributed by atoms with Gasteiger partial charge in [0.05, 0.1) is 5.75 Å². The maximum absolute atomic E-state index is 14.0. The van der Waals surface area contributed by atoms with Crippen molar-refractivity contribution in [2.24, 2.45) is 0 Å². The van der Waals surface area contributed by atoms with Gasteiger partial charge in [0.25, 0.3) is 0 Å². The highest BCUT2D eigenvalue weighted by Gasteiger charge is 2.28. The maximum atomic E-state index is 14.0. The normalized spacial score (nSPS) is 11.8. The number of amides is 2. The van der Waals surface area contributed by atoms with E-state index >= 15 is 0 Å². The number of hydrogen-bond acceptors (Lipinski definition) is 3. The van der Waals surface area contributed by atoms with Gasteiger partial charge in [-0.2, -0.15) is 0 Å². The summed E-state index contributed by atoms with van der Waals surface area (Å²) < 4.78 is 14.0. The molecule has 0 aliphatic heterocycles. The summed E-state index contributed by atoms with van der Waals surface area (Å²) in [5.74, 6) is -0.245. The molecule has 0 fully saturated rings. The van der Waals surface area contributed by atoms with Crippen molar-refractivity contribution in [3.05, 3.63) is 70.0 Å². The summed E-state index contributed by atoms with van der Waals surface area (Å²) in [4.78, 5) is 27.7. The van der Waals surface area contributed by atoms with Gasteiger partial charge in [-0.05, 0) is 37.5 Å². The third-order valence-electron chi connectivity index (χ3n) is 5.18. The molecule has 0 saturated heterocycles. The monoisotopic (exact) mass is 478 g/mol. The van der Waals surface area contributed by atoms with Crippen molar-refractivity contribution in [1.82, 2.24) is 10.2 Å². The Kier molecular flexibility index (Phi) is 11.0. The number of thioether (sulfide) groups is 1. The number of carbonyl (C=O) groups is 2. The van der Waals surface area contributed by atoms with Gasteiger partial charge in [-0.1, -0.05) is 67.8 Å². The van der Waals surface area contributed by atoms with Crippen LogP contribution in [0.1, 0.15) is 49.8 Å². The van der Waals surface area contributed by atoms with E-state index in [1.54, 1.807) is 17.0 Å². The van der Waals surface area contributed by atoms with Gasteiger partial charge in [0, 0.05) is 29.4 Å². The van der Waals surface area contributed by atoms with E-state index in [4.69, 9.17) is 11.6 Å². The van der Waals surface area contributed by atoms with Gasteiger partial charge < -0.3 is 10.2 Å². The Hall–Kier alpha value is -2.05. The number of unbranched alkanes of at least 4 members (excludes halogenated alkanes) is 1. The Morgan fingerprint density at radius 3 is 2.59 bits per heavy atom. The summed E-state index contributed by atoms with van der Waals surface area (Å²) in [5.41, 5.74) is 2.46. The average Bonchev–Trinajstić information content (AvgIpc) is 2.75. The lowest BCUT2D eigenvalue weighted by atomic mass is 10.1. The molecule has 0 saturated carbocycles. The van der Waals surface area contributed by atoms with Crippen LogP contribution >= 0.6 is 23.4 Å². The number of hydrogen-bond donors (Lipinski definition) is 1. The van der Waals surface area contributed by atoms with Crippen molar-refractivity contribution in [3.63, 3.8) is 0 Å².